The third-order valence-corrected chi connectivity index (χ3v) is 7.04. The minimum Gasteiger partial charge on any atom is -0.462 e. The molecule has 3 N–H and O–H groups in total. The van der Waals surface area contributed by atoms with Crippen molar-refractivity contribution in [1.29, 1.82) is 0 Å². The first kappa shape index (κ1) is 27.6. The summed E-state index contributed by atoms with van der Waals surface area (Å²) in [6, 6.07) is 15.0. The Hall–Kier alpha value is -4.99. The van der Waals surface area contributed by atoms with Gasteiger partial charge >= 0.3 is 12.1 Å². The normalized spacial score (nSPS) is 15.6. The molecule has 1 amide bonds. The second-order valence-electron chi connectivity index (χ2n) is 10.1. The quantitative estimate of drug-likeness (QED) is 0.216. The van der Waals surface area contributed by atoms with Gasteiger partial charge in [0.05, 0.1) is 36.2 Å². The van der Waals surface area contributed by atoms with Crippen LogP contribution in [-0.4, -0.2) is 40.5 Å². The van der Waals surface area contributed by atoms with Gasteiger partial charge in [-0.3, -0.25) is 9.78 Å². The summed E-state index contributed by atoms with van der Waals surface area (Å²) in [6.45, 7) is 5.88. The lowest BCUT2D eigenvalue weighted by Gasteiger charge is -2.33. The first-order valence-corrected chi connectivity index (χ1v) is 13.1. The lowest BCUT2D eigenvalue weighted by molar-refractivity contribution is -0.136. The average molecular weight is 557 g/mol. The monoisotopic (exact) mass is 556 g/mol. The number of hydrogen-bond donors (Lipinski definition) is 3. The van der Waals surface area contributed by atoms with Gasteiger partial charge in [-0.1, -0.05) is 19.9 Å². The lowest BCUT2D eigenvalue weighted by Crippen LogP contribution is -2.48. The molecule has 0 fully saturated rings. The summed E-state index contributed by atoms with van der Waals surface area (Å²) >= 11 is 0. The number of aromatic amines is 1. The van der Waals surface area contributed by atoms with Crippen molar-refractivity contribution < 1.29 is 28.2 Å². The first-order chi connectivity index (χ1) is 19.7. The second-order valence-corrected chi connectivity index (χ2v) is 10.1. The van der Waals surface area contributed by atoms with Crippen LogP contribution in [-0.2, 0) is 21.5 Å². The Bertz CT molecular complexity index is 1640. The molecule has 2 aromatic heterocycles. The number of carbonyl (C=O) groups excluding carboxylic acids is 3. The Kier molecular flexibility index (Phi) is 7.56. The van der Waals surface area contributed by atoms with Gasteiger partial charge in [0.1, 0.15) is 11.6 Å². The predicted octanol–water partition coefficient (Wildman–Crippen LogP) is 5.03. The molecule has 1 aliphatic heterocycles. The van der Waals surface area contributed by atoms with E-state index in [0.717, 1.165) is 5.39 Å². The van der Waals surface area contributed by atoms with Crippen LogP contribution in [0.2, 0.25) is 0 Å². The number of halogens is 1. The maximum atomic E-state index is 13.7. The fourth-order valence-electron chi connectivity index (χ4n) is 5.07. The maximum Gasteiger partial charge on any atom is 0.412 e. The topological polar surface area (TPSA) is 122 Å². The van der Waals surface area contributed by atoms with Crippen molar-refractivity contribution in [3.63, 3.8) is 0 Å². The first-order valence-electron chi connectivity index (χ1n) is 13.1. The third kappa shape index (κ3) is 5.54. The van der Waals surface area contributed by atoms with Gasteiger partial charge in [0.25, 0.3) is 0 Å². The van der Waals surface area contributed by atoms with Gasteiger partial charge in [0.2, 0.25) is 0 Å². The minimum absolute atomic E-state index is 0.165. The molecule has 2 aromatic carbocycles. The summed E-state index contributed by atoms with van der Waals surface area (Å²) in [4.78, 5) is 46.6. The number of fused-ring (bicyclic) bond motifs is 3. The highest BCUT2D eigenvalue weighted by Gasteiger charge is 2.43. The molecule has 1 aliphatic rings. The summed E-state index contributed by atoms with van der Waals surface area (Å²) in [5.74, 6) is -0.990. The van der Waals surface area contributed by atoms with Crippen molar-refractivity contribution in [3.05, 3.63) is 101 Å². The van der Waals surface area contributed by atoms with E-state index >= 15 is 0 Å². The maximum absolute atomic E-state index is 13.7. The van der Waals surface area contributed by atoms with Crippen LogP contribution in [0, 0.1) is 5.82 Å². The number of benzene rings is 2. The van der Waals surface area contributed by atoms with Gasteiger partial charge in [-0.05, 0) is 61.0 Å². The summed E-state index contributed by atoms with van der Waals surface area (Å²) in [5, 5.41) is 6.53. The van der Waals surface area contributed by atoms with Gasteiger partial charge in [-0.2, -0.15) is 0 Å². The van der Waals surface area contributed by atoms with Crippen LogP contribution in [0.5, 0.6) is 5.75 Å². The number of ether oxygens (including phenoxy) is 2. The molecule has 0 radical (unpaired) electrons. The summed E-state index contributed by atoms with van der Waals surface area (Å²) < 4.78 is 24.4. The Labute approximate surface area is 235 Å². The van der Waals surface area contributed by atoms with Crippen LogP contribution in [0.1, 0.15) is 48.1 Å². The van der Waals surface area contributed by atoms with Crippen molar-refractivity contribution in [2.24, 2.45) is 0 Å². The molecule has 0 spiro atoms. The molecule has 10 heteroatoms. The van der Waals surface area contributed by atoms with E-state index in [2.05, 4.69) is 20.6 Å². The zero-order valence-corrected chi connectivity index (χ0v) is 22.8. The van der Waals surface area contributed by atoms with Crippen LogP contribution in [0.3, 0.4) is 0 Å². The fourth-order valence-corrected chi connectivity index (χ4v) is 5.07. The van der Waals surface area contributed by atoms with Crippen molar-refractivity contribution in [1.82, 2.24) is 20.6 Å². The van der Waals surface area contributed by atoms with Crippen molar-refractivity contribution in [3.8, 4) is 5.75 Å². The largest absolute Gasteiger partial charge is 0.462 e. The number of amides is 1. The highest BCUT2D eigenvalue weighted by Crippen LogP contribution is 2.42. The van der Waals surface area contributed by atoms with E-state index in [1.54, 1.807) is 43.5 Å². The molecular formula is C31H29FN4O5. The number of aromatic nitrogens is 2. The number of esters is 1. The van der Waals surface area contributed by atoms with E-state index in [0.29, 0.717) is 28.0 Å². The summed E-state index contributed by atoms with van der Waals surface area (Å²) in [6.07, 6.45) is 2.47. The predicted molar refractivity (Wildman–Crippen MR) is 151 cm³/mol. The molecule has 5 rings (SSSR count). The molecule has 4 aromatic rings. The van der Waals surface area contributed by atoms with E-state index in [1.165, 1.54) is 30.5 Å². The third-order valence-electron chi connectivity index (χ3n) is 7.04. The second kappa shape index (κ2) is 11.2. The van der Waals surface area contributed by atoms with Crippen molar-refractivity contribution >= 4 is 34.3 Å². The van der Waals surface area contributed by atoms with Gasteiger partial charge in [-0.25, -0.2) is 14.0 Å². The molecule has 210 valence electrons. The highest BCUT2D eigenvalue weighted by molar-refractivity contribution is 6.18. The Morgan fingerprint density at radius 3 is 2.56 bits per heavy atom. The summed E-state index contributed by atoms with van der Waals surface area (Å²) in [7, 11) is 0. The Morgan fingerprint density at radius 2 is 1.85 bits per heavy atom. The molecule has 1 unspecified atom stereocenters. The number of hydrogen-bond acceptors (Lipinski definition) is 7. The molecule has 0 aliphatic carbocycles. The molecule has 0 bridgehead atoms. The van der Waals surface area contributed by atoms with Gasteiger partial charge in [0.15, 0.2) is 5.78 Å². The van der Waals surface area contributed by atoms with E-state index in [4.69, 9.17) is 9.47 Å². The number of ketones is 1. The van der Waals surface area contributed by atoms with Gasteiger partial charge in [-0.15, -0.1) is 0 Å². The number of rotatable bonds is 7. The Balaban J connectivity index is 1.51. The van der Waals surface area contributed by atoms with Crippen LogP contribution in [0.4, 0.5) is 9.18 Å². The smallest absolute Gasteiger partial charge is 0.412 e. The number of nitrogens with one attached hydrogen (secondary N) is 3. The highest BCUT2D eigenvalue weighted by atomic mass is 19.1. The zero-order valence-electron chi connectivity index (χ0n) is 22.8. The molecule has 41 heavy (non-hydrogen) atoms. The van der Waals surface area contributed by atoms with Crippen LogP contribution < -0.4 is 15.4 Å². The molecule has 0 saturated heterocycles. The fraction of sp³-hybridized carbons (Fsp3) is 0.226. The average Bonchev–Trinajstić information content (AvgIpc) is 3.29. The number of carbonyl (C=O) groups is 3. The SMILES string of the molecule is CCOC(=O)C1=CNC(C(=O)c2ccc(F)cc2)C(C)(C)c2c1[nH]c1cc(OC(=O)NCc3ccccn3)ccc21. The van der Waals surface area contributed by atoms with Crippen LogP contribution in [0.15, 0.2) is 73.1 Å². The number of Topliss-reactive ketones (excluding diaryl/α,β-unsaturated/α-hetero) is 1. The molecule has 1 atom stereocenters. The van der Waals surface area contributed by atoms with Gasteiger partial charge in [0, 0.05) is 40.3 Å². The number of nitrogens with zero attached hydrogens (tertiary/aromatic N) is 1. The van der Waals surface area contributed by atoms with Crippen molar-refractivity contribution in [2.45, 2.75) is 38.8 Å². The van der Waals surface area contributed by atoms with E-state index in [1.807, 2.05) is 19.9 Å². The standard InChI is InChI=1S/C31H29FN4O5/c1-4-40-29(38)23-17-34-28(27(37)18-8-10-19(32)11-9-18)31(2,3)25-22-13-12-21(15-24(22)36-26(23)25)41-30(39)35-16-20-7-5-6-14-33-20/h5-15,17,28,34,36H,4,16H2,1-3H3,(H,35,39). The van der Waals surface area contributed by atoms with E-state index in [-0.39, 0.29) is 30.3 Å². The van der Waals surface area contributed by atoms with E-state index in [9.17, 15) is 18.8 Å². The van der Waals surface area contributed by atoms with Crippen molar-refractivity contribution in [2.75, 3.05) is 6.61 Å². The van der Waals surface area contributed by atoms with E-state index < -0.39 is 29.3 Å². The number of pyridine rings is 1. The lowest BCUT2D eigenvalue weighted by atomic mass is 9.73. The molecule has 0 saturated carbocycles. The molecule has 3 heterocycles. The summed E-state index contributed by atoms with van der Waals surface area (Å²) in [5.41, 5.74) is 2.18. The van der Waals surface area contributed by atoms with Gasteiger partial charge < -0.3 is 25.1 Å². The zero-order chi connectivity index (χ0) is 29.1. The molecule has 9 nitrogen and oxygen atoms in total. The Morgan fingerprint density at radius 1 is 1.07 bits per heavy atom. The molecular weight excluding hydrogens is 527 g/mol. The van der Waals surface area contributed by atoms with Crippen LogP contribution in [0.25, 0.3) is 16.5 Å². The minimum atomic E-state index is -0.855. The number of H-pyrrole nitrogens is 1. The van der Waals surface area contributed by atoms with Crippen LogP contribution >= 0.6 is 0 Å².